The highest BCUT2D eigenvalue weighted by Crippen LogP contribution is 2.50. The molecule has 0 bridgehead atoms. The van der Waals surface area contributed by atoms with Gasteiger partial charge in [0.15, 0.2) is 5.65 Å². The summed E-state index contributed by atoms with van der Waals surface area (Å²) in [5, 5.41) is 2.14. The summed E-state index contributed by atoms with van der Waals surface area (Å²) in [5.74, 6) is 0.133. The lowest BCUT2D eigenvalue weighted by atomic mass is 9.64. The number of aromatic amines is 1. The number of rotatable bonds is 4. The van der Waals surface area contributed by atoms with Crippen LogP contribution >= 0.6 is 0 Å². The third kappa shape index (κ3) is 2.93. The van der Waals surface area contributed by atoms with E-state index in [1.54, 1.807) is 10.5 Å². The first-order valence-corrected chi connectivity index (χ1v) is 11.4. The maximum absolute atomic E-state index is 12.3. The molecular formula is C20H26N4O2S. The molecule has 144 valence electrons. The molecule has 1 aliphatic heterocycles. The van der Waals surface area contributed by atoms with E-state index in [1.165, 1.54) is 11.8 Å². The summed E-state index contributed by atoms with van der Waals surface area (Å²) in [6.45, 7) is 5.58. The fourth-order valence-corrected chi connectivity index (χ4v) is 5.65. The van der Waals surface area contributed by atoms with E-state index in [0.29, 0.717) is 13.1 Å². The number of hydrogen-bond acceptors (Lipinski definition) is 4. The average Bonchev–Trinajstić information content (AvgIpc) is 3.15. The van der Waals surface area contributed by atoms with Crippen molar-refractivity contribution in [3.8, 4) is 0 Å². The van der Waals surface area contributed by atoms with Crippen LogP contribution in [0.1, 0.15) is 44.6 Å². The van der Waals surface area contributed by atoms with Crippen LogP contribution in [0.3, 0.4) is 0 Å². The smallest absolute Gasteiger partial charge is 0.211 e. The standard InChI is InChI=1S/C20H26N4O2S/c1-4-20(5-2)8-11-24(27(3,25)26)13-16(20)14-6-9-21-17-12-23-19-15(18(14)17)7-10-22-19/h6-7,9-10,12,16,21H,4-5,8,11,13H2,1-3H3. The van der Waals surface area contributed by atoms with Crippen molar-refractivity contribution in [3.05, 3.63) is 36.3 Å². The molecule has 3 aromatic rings. The summed E-state index contributed by atoms with van der Waals surface area (Å²) in [5.41, 5.74) is 2.98. The molecule has 27 heavy (non-hydrogen) atoms. The van der Waals surface area contributed by atoms with Gasteiger partial charge in [-0.25, -0.2) is 22.7 Å². The van der Waals surface area contributed by atoms with Crippen LogP contribution in [-0.2, 0) is 10.0 Å². The van der Waals surface area contributed by atoms with E-state index in [9.17, 15) is 8.42 Å². The molecule has 0 radical (unpaired) electrons. The van der Waals surface area contributed by atoms with Gasteiger partial charge < -0.3 is 4.98 Å². The topological polar surface area (TPSA) is 79.0 Å². The van der Waals surface area contributed by atoms with Gasteiger partial charge in [-0.05, 0) is 42.4 Å². The van der Waals surface area contributed by atoms with Gasteiger partial charge in [-0.2, -0.15) is 0 Å². The molecule has 0 aliphatic carbocycles. The van der Waals surface area contributed by atoms with E-state index in [0.717, 1.165) is 41.2 Å². The number of hydrogen-bond donors (Lipinski definition) is 1. The number of H-pyrrole nitrogens is 1. The number of nitrogens with one attached hydrogen (secondary N) is 1. The molecule has 1 N–H and O–H groups in total. The Kier molecular flexibility index (Phi) is 4.47. The van der Waals surface area contributed by atoms with Crippen molar-refractivity contribution in [1.82, 2.24) is 19.3 Å². The Morgan fingerprint density at radius 2 is 2.04 bits per heavy atom. The van der Waals surface area contributed by atoms with Gasteiger partial charge in [0.25, 0.3) is 0 Å². The molecule has 0 aromatic carbocycles. The molecule has 4 rings (SSSR count). The summed E-state index contributed by atoms with van der Waals surface area (Å²) in [6.07, 6.45) is 9.80. The highest BCUT2D eigenvalue weighted by Gasteiger charge is 2.43. The maximum atomic E-state index is 12.3. The van der Waals surface area contributed by atoms with Gasteiger partial charge in [-0.3, -0.25) is 0 Å². The summed E-state index contributed by atoms with van der Waals surface area (Å²) in [7, 11) is -3.22. The van der Waals surface area contributed by atoms with Crippen LogP contribution in [0.5, 0.6) is 0 Å². The van der Waals surface area contributed by atoms with Gasteiger partial charge in [-0.15, -0.1) is 0 Å². The molecule has 0 spiro atoms. The maximum Gasteiger partial charge on any atom is 0.211 e. The number of sulfonamides is 1. The summed E-state index contributed by atoms with van der Waals surface area (Å²) < 4.78 is 26.2. The molecule has 1 fully saturated rings. The van der Waals surface area contributed by atoms with Crippen LogP contribution in [0.2, 0.25) is 0 Å². The first-order valence-electron chi connectivity index (χ1n) is 9.55. The summed E-state index contributed by atoms with van der Waals surface area (Å²) >= 11 is 0. The SMILES string of the molecule is CCC1(CC)CCN(S(C)(=O)=O)CC1c1cc[nH]c2cnc3nccc3c12. The number of fused-ring (bicyclic) bond motifs is 3. The van der Waals surface area contributed by atoms with Crippen molar-refractivity contribution in [1.29, 1.82) is 0 Å². The van der Waals surface area contributed by atoms with Gasteiger partial charge in [0.2, 0.25) is 10.0 Å². The Hall–Kier alpha value is -1.99. The molecular weight excluding hydrogens is 360 g/mol. The van der Waals surface area contributed by atoms with Crippen molar-refractivity contribution < 1.29 is 8.42 Å². The van der Waals surface area contributed by atoms with E-state index in [-0.39, 0.29) is 11.3 Å². The van der Waals surface area contributed by atoms with E-state index >= 15 is 0 Å². The fourth-order valence-electron chi connectivity index (χ4n) is 4.81. The molecule has 1 unspecified atom stereocenters. The lowest BCUT2D eigenvalue weighted by Gasteiger charge is -2.47. The molecule has 0 amide bonds. The summed E-state index contributed by atoms with van der Waals surface area (Å²) in [6, 6.07) is 4.12. The minimum atomic E-state index is -3.22. The number of pyridine rings is 2. The lowest BCUT2D eigenvalue weighted by molar-refractivity contribution is 0.109. The number of piperidine rings is 1. The van der Waals surface area contributed by atoms with E-state index < -0.39 is 10.0 Å². The van der Waals surface area contributed by atoms with Crippen molar-refractivity contribution in [3.63, 3.8) is 0 Å². The largest absolute Gasteiger partial charge is 0.360 e. The van der Waals surface area contributed by atoms with Gasteiger partial charge in [-0.1, -0.05) is 13.8 Å². The zero-order valence-electron chi connectivity index (χ0n) is 16.1. The third-order valence-electron chi connectivity index (χ3n) is 6.56. The second-order valence-electron chi connectivity index (χ2n) is 7.66. The Morgan fingerprint density at radius 1 is 1.26 bits per heavy atom. The minimum absolute atomic E-state index is 0.0884. The normalized spacial score (nSPS) is 21.1. The van der Waals surface area contributed by atoms with Crippen LogP contribution in [0.15, 0.2) is 30.7 Å². The van der Waals surface area contributed by atoms with Crippen molar-refractivity contribution in [2.45, 2.75) is 39.0 Å². The zero-order chi connectivity index (χ0) is 19.2. The Labute approximate surface area is 160 Å². The lowest BCUT2D eigenvalue weighted by Crippen LogP contribution is -2.47. The van der Waals surface area contributed by atoms with E-state index in [4.69, 9.17) is 0 Å². The van der Waals surface area contributed by atoms with Gasteiger partial charge >= 0.3 is 0 Å². The first-order chi connectivity index (χ1) is 12.9. The average molecular weight is 387 g/mol. The van der Waals surface area contributed by atoms with Crippen LogP contribution in [-0.4, -0.2) is 47.0 Å². The number of aromatic nitrogens is 3. The fraction of sp³-hybridized carbons (Fsp3) is 0.500. The van der Waals surface area contributed by atoms with Crippen molar-refractivity contribution in [2.75, 3.05) is 19.3 Å². The Bertz CT molecular complexity index is 1090. The highest BCUT2D eigenvalue weighted by atomic mass is 32.2. The van der Waals surface area contributed by atoms with Gasteiger partial charge in [0.1, 0.15) is 0 Å². The Morgan fingerprint density at radius 3 is 2.74 bits per heavy atom. The molecule has 1 atom stereocenters. The summed E-state index contributed by atoms with van der Waals surface area (Å²) in [4.78, 5) is 12.1. The van der Waals surface area contributed by atoms with E-state index in [1.807, 2.05) is 18.5 Å². The predicted molar refractivity (Wildman–Crippen MR) is 108 cm³/mol. The van der Waals surface area contributed by atoms with Crippen LogP contribution in [0.4, 0.5) is 0 Å². The predicted octanol–water partition coefficient (Wildman–Crippen LogP) is 3.67. The molecule has 0 saturated carbocycles. The zero-order valence-corrected chi connectivity index (χ0v) is 16.9. The van der Waals surface area contributed by atoms with Gasteiger partial charge in [0.05, 0.1) is 18.0 Å². The molecule has 6 nitrogen and oxygen atoms in total. The van der Waals surface area contributed by atoms with Gasteiger partial charge in [0, 0.05) is 42.2 Å². The molecule has 7 heteroatoms. The molecule has 1 aliphatic rings. The number of nitrogens with zero attached hydrogens (tertiary/aromatic N) is 3. The van der Waals surface area contributed by atoms with Crippen LogP contribution in [0.25, 0.3) is 21.9 Å². The quantitative estimate of drug-likeness (QED) is 0.742. The van der Waals surface area contributed by atoms with E-state index in [2.05, 4.69) is 34.9 Å². The molecule has 4 heterocycles. The molecule has 3 aromatic heterocycles. The minimum Gasteiger partial charge on any atom is -0.360 e. The third-order valence-corrected chi connectivity index (χ3v) is 7.83. The second-order valence-corrected chi connectivity index (χ2v) is 9.64. The van der Waals surface area contributed by atoms with Crippen LogP contribution in [0, 0.1) is 5.41 Å². The monoisotopic (exact) mass is 386 g/mol. The van der Waals surface area contributed by atoms with Crippen molar-refractivity contribution in [2.24, 2.45) is 5.41 Å². The molecule has 1 saturated heterocycles. The second kappa shape index (κ2) is 6.56. The van der Waals surface area contributed by atoms with Crippen LogP contribution < -0.4 is 0 Å². The highest BCUT2D eigenvalue weighted by molar-refractivity contribution is 7.88. The Balaban J connectivity index is 1.96. The first kappa shape index (κ1) is 18.4. The van der Waals surface area contributed by atoms with Crippen molar-refractivity contribution >= 4 is 32.0 Å².